The summed E-state index contributed by atoms with van der Waals surface area (Å²) < 4.78 is 34.3. The second-order valence-corrected chi connectivity index (χ2v) is 5.79. The molecule has 0 spiro atoms. The molecule has 1 aliphatic carbocycles. The fourth-order valence-corrected chi connectivity index (χ4v) is 2.49. The van der Waals surface area contributed by atoms with Gasteiger partial charge in [0.1, 0.15) is 18.0 Å². The number of nitrogens with two attached hydrogens (primary N) is 1. The minimum Gasteiger partial charge on any atom is -0.384 e. The fourth-order valence-electron chi connectivity index (χ4n) is 2.49. The van der Waals surface area contributed by atoms with Crippen LogP contribution in [-0.4, -0.2) is 45.9 Å². The lowest BCUT2D eigenvalue weighted by Gasteiger charge is -2.20. The number of halogens is 2. The van der Waals surface area contributed by atoms with Crippen LogP contribution in [0, 0.1) is 5.92 Å². The van der Waals surface area contributed by atoms with E-state index in [2.05, 4.69) is 10.3 Å². The van der Waals surface area contributed by atoms with Gasteiger partial charge in [-0.2, -0.15) is 13.8 Å². The Bertz CT molecular complexity index is 605. The maximum atomic E-state index is 14.2. The average Bonchev–Trinajstić information content (AvgIpc) is 3.23. The molecule has 0 amide bonds. The van der Waals surface area contributed by atoms with Crippen LogP contribution >= 0.6 is 0 Å². The Hall–Kier alpha value is -1.58. The van der Waals surface area contributed by atoms with Crippen LogP contribution in [0.5, 0.6) is 0 Å². The minimum atomic E-state index is -3.59. The van der Waals surface area contributed by atoms with Gasteiger partial charge in [-0.3, -0.25) is 4.57 Å². The maximum absolute atomic E-state index is 14.2. The van der Waals surface area contributed by atoms with Gasteiger partial charge >= 0.3 is 11.6 Å². The Morgan fingerprint density at radius 2 is 2.23 bits per heavy atom. The van der Waals surface area contributed by atoms with E-state index in [9.17, 15) is 18.7 Å². The predicted octanol–water partition coefficient (Wildman–Crippen LogP) is -0.281. The third-order valence-corrected chi connectivity index (χ3v) is 3.96. The molecule has 3 atom stereocenters. The standard InChI is InChI=1S/C13H18F2N4O3/c14-13(15)10(20)8(6-17-5-7-1-2-7)22-11(13)19-4-3-9(16)18-12(19)21/h3-4,7-8,10-11,17,20H,1-2,5-6H2,(H2,16,18,21)/t8-,10-,11?/m1/s1. The summed E-state index contributed by atoms with van der Waals surface area (Å²) in [7, 11) is 0. The summed E-state index contributed by atoms with van der Waals surface area (Å²) in [5.41, 5.74) is 4.39. The van der Waals surface area contributed by atoms with Crippen molar-refractivity contribution in [2.24, 2.45) is 5.92 Å². The summed E-state index contributed by atoms with van der Waals surface area (Å²) in [4.78, 5) is 15.1. The molecule has 7 nitrogen and oxygen atoms in total. The maximum Gasteiger partial charge on any atom is 0.351 e. The second-order valence-electron chi connectivity index (χ2n) is 5.79. The molecule has 2 fully saturated rings. The molecule has 4 N–H and O–H groups in total. The van der Waals surface area contributed by atoms with Gasteiger partial charge in [-0.1, -0.05) is 0 Å². The van der Waals surface area contributed by atoms with E-state index < -0.39 is 30.0 Å². The zero-order chi connectivity index (χ0) is 15.9. The van der Waals surface area contributed by atoms with Gasteiger partial charge in [-0.05, 0) is 31.4 Å². The lowest BCUT2D eigenvalue weighted by molar-refractivity contribution is -0.140. The highest BCUT2D eigenvalue weighted by Crippen LogP contribution is 2.42. The Morgan fingerprint density at radius 3 is 2.86 bits per heavy atom. The molecule has 1 unspecified atom stereocenters. The van der Waals surface area contributed by atoms with Crippen molar-refractivity contribution >= 4 is 5.82 Å². The Balaban J connectivity index is 1.74. The lowest BCUT2D eigenvalue weighted by Crippen LogP contribution is -2.43. The van der Waals surface area contributed by atoms with Crippen LogP contribution in [0.15, 0.2) is 17.1 Å². The largest absolute Gasteiger partial charge is 0.384 e. The van der Waals surface area contributed by atoms with Crippen molar-refractivity contribution in [2.75, 3.05) is 18.8 Å². The summed E-state index contributed by atoms with van der Waals surface area (Å²) in [5, 5.41) is 12.8. The quantitative estimate of drug-likeness (QED) is 0.690. The summed E-state index contributed by atoms with van der Waals surface area (Å²) in [6.45, 7) is 0.813. The number of ether oxygens (including phenoxy) is 1. The predicted molar refractivity (Wildman–Crippen MR) is 73.4 cm³/mol. The fraction of sp³-hybridized carbons (Fsp3) is 0.692. The van der Waals surface area contributed by atoms with Crippen molar-refractivity contribution in [1.82, 2.24) is 14.9 Å². The number of nitrogen functional groups attached to an aromatic ring is 1. The molecule has 1 aromatic rings. The van der Waals surface area contributed by atoms with Crippen molar-refractivity contribution in [3.05, 3.63) is 22.7 Å². The van der Waals surface area contributed by atoms with Gasteiger partial charge in [0.15, 0.2) is 0 Å². The highest BCUT2D eigenvalue weighted by molar-refractivity contribution is 5.23. The van der Waals surface area contributed by atoms with Gasteiger partial charge in [0.2, 0.25) is 6.23 Å². The Morgan fingerprint density at radius 1 is 1.50 bits per heavy atom. The molecule has 1 aromatic heterocycles. The summed E-state index contributed by atoms with van der Waals surface area (Å²) in [6, 6.07) is 1.23. The van der Waals surface area contributed by atoms with Crippen molar-refractivity contribution in [3.63, 3.8) is 0 Å². The smallest absolute Gasteiger partial charge is 0.351 e. The van der Waals surface area contributed by atoms with Crippen LogP contribution in [-0.2, 0) is 4.74 Å². The number of aromatic nitrogens is 2. The molecule has 0 radical (unpaired) electrons. The van der Waals surface area contributed by atoms with E-state index in [-0.39, 0.29) is 12.4 Å². The van der Waals surface area contributed by atoms with Gasteiger partial charge in [0.25, 0.3) is 0 Å². The molecule has 1 saturated heterocycles. The zero-order valence-corrected chi connectivity index (χ0v) is 11.8. The highest BCUT2D eigenvalue weighted by atomic mass is 19.3. The normalized spacial score (nSPS) is 30.6. The van der Waals surface area contributed by atoms with E-state index in [4.69, 9.17) is 10.5 Å². The van der Waals surface area contributed by atoms with Crippen LogP contribution in [0.1, 0.15) is 19.1 Å². The number of hydrogen-bond acceptors (Lipinski definition) is 6. The zero-order valence-electron chi connectivity index (χ0n) is 11.8. The highest BCUT2D eigenvalue weighted by Gasteiger charge is 2.59. The number of anilines is 1. The van der Waals surface area contributed by atoms with Gasteiger partial charge < -0.3 is 20.9 Å². The molecule has 22 heavy (non-hydrogen) atoms. The average molecular weight is 316 g/mol. The van der Waals surface area contributed by atoms with E-state index in [1.807, 2.05) is 0 Å². The minimum absolute atomic E-state index is 0.0641. The SMILES string of the molecule is Nc1ccn(C2O[C@H](CNCC3CC3)[C@@H](O)C2(F)F)c(=O)n1. The third kappa shape index (κ3) is 2.83. The number of rotatable bonds is 5. The van der Waals surface area contributed by atoms with Crippen molar-refractivity contribution < 1.29 is 18.6 Å². The molecule has 0 bridgehead atoms. The first kappa shape index (κ1) is 15.3. The Labute approximate surface area is 125 Å². The molecular formula is C13H18F2N4O3. The first-order chi connectivity index (χ1) is 10.4. The molecule has 1 aliphatic heterocycles. The number of alkyl halides is 2. The molecule has 9 heteroatoms. The molecule has 2 aliphatic rings. The number of nitrogens with one attached hydrogen (secondary N) is 1. The molecule has 2 heterocycles. The van der Waals surface area contributed by atoms with Crippen LogP contribution in [0.2, 0.25) is 0 Å². The second kappa shape index (κ2) is 5.56. The summed E-state index contributed by atoms with van der Waals surface area (Å²) in [6.07, 6.45) is -1.62. The molecular weight excluding hydrogens is 298 g/mol. The Kier molecular flexibility index (Phi) is 3.87. The van der Waals surface area contributed by atoms with Gasteiger partial charge in [-0.15, -0.1) is 0 Å². The van der Waals surface area contributed by atoms with Crippen LogP contribution in [0.3, 0.4) is 0 Å². The lowest BCUT2D eigenvalue weighted by atomic mass is 10.1. The first-order valence-corrected chi connectivity index (χ1v) is 7.16. The van der Waals surface area contributed by atoms with Crippen LogP contribution < -0.4 is 16.7 Å². The third-order valence-electron chi connectivity index (χ3n) is 3.96. The van der Waals surface area contributed by atoms with Gasteiger partial charge in [0, 0.05) is 12.7 Å². The van der Waals surface area contributed by atoms with E-state index >= 15 is 0 Å². The number of aliphatic hydroxyl groups excluding tert-OH is 1. The number of hydrogen-bond donors (Lipinski definition) is 3. The van der Waals surface area contributed by atoms with Crippen molar-refractivity contribution in [3.8, 4) is 0 Å². The van der Waals surface area contributed by atoms with Gasteiger partial charge in [-0.25, -0.2) is 4.79 Å². The monoisotopic (exact) mass is 316 g/mol. The van der Waals surface area contributed by atoms with Crippen LogP contribution in [0.25, 0.3) is 0 Å². The summed E-state index contributed by atoms with van der Waals surface area (Å²) in [5.74, 6) is -3.07. The van der Waals surface area contributed by atoms with Crippen molar-refractivity contribution in [1.29, 1.82) is 0 Å². The topological polar surface area (TPSA) is 102 Å². The molecule has 3 rings (SSSR count). The van der Waals surface area contributed by atoms with E-state index in [1.165, 1.54) is 6.07 Å². The first-order valence-electron chi connectivity index (χ1n) is 7.16. The number of aliphatic hydroxyl groups is 1. The number of nitrogens with zero attached hydrogens (tertiary/aromatic N) is 2. The van der Waals surface area contributed by atoms with E-state index in [0.29, 0.717) is 17.0 Å². The van der Waals surface area contributed by atoms with Crippen molar-refractivity contribution in [2.45, 2.75) is 37.2 Å². The molecule has 1 saturated carbocycles. The van der Waals surface area contributed by atoms with Crippen LogP contribution in [0.4, 0.5) is 14.6 Å². The van der Waals surface area contributed by atoms with E-state index in [1.54, 1.807) is 0 Å². The molecule has 122 valence electrons. The molecule has 0 aromatic carbocycles. The van der Waals surface area contributed by atoms with Gasteiger partial charge in [0.05, 0.1) is 0 Å². The summed E-state index contributed by atoms with van der Waals surface area (Å²) >= 11 is 0. The van der Waals surface area contributed by atoms with E-state index in [0.717, 1.165) is 19.0 Å².